The van der Waals surface area contributed by atoms with E-state index in [1.54, 1.807) is 0 Å². The predicted octanol–water partition coefficient (Wildman–Crippen LogP) is -0.926. The molecule has 0 aliphatic carbocycles. The first kappa shape index (κ1) is 4.30. The first-order valence-electron chi connectivity index (χ1n) is 2.02. The fourth-order valence-corrected chi connectivity index (χ4v) is 0.387. The van der Waals surface area contributed by atoms with Crippen LogP contribution in [0, 0.1) is 0 Å². The monoisotopic (exact) mass is 99.0 g/mol. The van der Waals surface area contributed by atoms with Gasteiger partial charge in [0, 0.05) is 0 Å². The van der Waals surface area contributed by atoms with Gasteiger partial charge in [-0.2, -0.15) is 0 Å². The van der Waals surface area contributed by atoms with Gasteiger partial charge >= 0.3 is 0 Å². The third-order valence-corrected chi connectivity index (χ3v) is 0.872. The van der Waals surface area contributed by atoms with Crippen molar-refractivity contribution in [2.75, 3.05) is 0 Å². The number of carbonyl (C=O) groups is 2. The van der Waals surface area contributed by atoms with Crippen LogP contribution in [0.2, 0.25) is 0 Å². The molecule has 0 bridgehead atoms. The highest BCUT2D eigenvalue weighted by Crippen LogP contribution is 1.98. The summed E-state index contributed by atoms with van der Waals surface area (Å²) in [5.74, 6) is -0.238. The van der Waals surface area contributed by atoms with E-state index in [1.165, 1.54) is 6.92 Å². The van der Waals surface area contributed by atoms with Crippen molar-refractivity contribution in [2.24, 2.45) is 0 Å². The van der Waals surface area contributed by atoms with Gasteiger partial charge in [-0.25, -0.2) is 0 Å². The second-order valence-electron chi connectivity index (χ2n) is 1.55. The van der Waals surface area contributed by atoms with Crippen LogP contribution in [0.3, 0.4) is 0 Å². The minimum atomic E-state index is -0.458. The zero-order valence-electron chi connectivity index (χ0n) is 3.89. The lowest BCUT2D eigenvalue weighted by Gasteiger charge is -1.71. The van der Waals surface area contributed by atoms with Crippen LogP contribution in [0.4, 0.5) is 0 Å². The highest BCUT2D eigenvalue weighted by Gasteiger charge is 2.37. The number of Topliss-reactive ketones (excluding diaryl/α,β-unsaturated/α-hetero) is 1. The van der Waals surface area contributed by atoms with E-state index in [1.807, 2.05) is 0 Å². The van der Waals surface area contributed by atoms with E-state index >= 15 is 0 Å². The second-order valence-corrected chi connectivity index (χ2v) is 1.55. The lowest BCUT2D eigenvalue weighted by molar-refractivity contribution is -0.119. The Morgan fingerprint density at radius 3 is 2.29 bits per heavy atom. The van der Waals surface area contributed by atoms with Crippen molar-refractivity contribution < 1.29 is 9.59 Å². The Labute approximate surface area is 40.7 Å². The van der Waals surface area contributed by atoms with Gasteiger partial charge in [-0.3, -0.25) is 9.59 Å². The number of amides is 1. The predicted molar refractivity (Wildman–Crippen MR) is 22.6 cm³/mol. The smallest absolute Gasteiger partial charge is 0.251 e. The van der Waals surface area contributed by atoms with E-state index in [0.717, 1.165) is 0 Å². The normalized spacial score (nSPS) is 26.4. The van der Waals surface area contributed by atoms with E-state index in [0.29, 0.717) is 0 Å². The molecule has 38 valence electrons. The van der Waals surface area contributed by atoms with E-state index in [4.69, 9.17) is 0 Å². The largest absolute Gasteiger partial charge is 0.336 e. The average molecular weight is 99.1 g/mol. The molecule has 0 spiro atoms. The molecular weight excluding hydrogens is 94.0 g/mol. The Kier molecular flexibility index (Phi) is 0.648. The maximum atomic E-state index is 10.1. The molecule has 0 aromatic rings. The molecule has 1 rings (SSSR count). The molecule has 1 atom stereocenters. The van der Waals surface area contributed by atoms with Crippen molar-refractivity contribution >= 4 is 11.7 Å². The number of ketones is 1. The number of nitrogens with one attached hydrogen (secondary N) is 1. The van der Waals surface area contributed by atoms with Gasteiger partial charge in [-0.05, 0) is 6.92 Å². The molecule has 1 amide bonds. The summed E-state index contributed by atoms with van der Waals surface area (Å²) in [6.07, 6.45) is 0. The molecule has 0 radical (unpaired) electrons. The first-order chi connectivity index (χ1) is 3.22. The van der Waals surface area contributed by atoms with Gasteiger partial charge in [0.15, 0.2) is 11.8 Å². The minimum absolute atomic E-state index is 0.0926. The molecular formula is C4H5NO2. The van der Waals surface area contributed by atoms with Crippen LogP contribution in [-0.2, 0) is 9.59 Å². The molecule has 0 saturated carbocycles. The Morgan fingerprint density at radius 2 is 2.29 bits per heavy atom. The van der Waals surface area contributed by atoms with Crippen molar-refractivity contribution in [2.45, 2.75) is 13.0 Å². The van der Waals surface area contributed by atoms with E-state index < -0.39 is 6.04 Å². The van der Waals surface area contributed by atoms with Crippen molar-refractivity contribution in [1.82, 2.24) is 5.32 Å². The Balaban J connectivity index is 2.48. The fraction of sp³-hybridized carbons (Fsp3) is 0.500. The molecule has 1 unspecified atom stereocenters. The zero-order chi connectivity index (χ0) is 5.44. The van der Waals surface area contributed by atoms with Gasteiger partial charge in [-0.15, -0.1) is 0 Å². The molecule has 1 heterocycles. The third-order valence-electron chi connectivity index (χ3n) is 0.872. The quantitative estimate of drug-likeness (QED) is 0.341. The second kappa shape index (κ2) is 1.05. The summed E-state index contributed by atoms with van der Waals surface area (Å²) in [5, 5.41) is 2.34. The topological polar surface area (TPSA) is 56.1 Å². The van der Waals surface area contributed by atoms with Crippen molar-refractivity contribution in [3.05, 3.63) is 0 Å². The van der Waals surface area contributed by atoms with Crippen LogP contribution in [0.25, 0.3) is 0 Å². The lowest BCUT2D eigenvalue weighted by Crippen LogP contribution is -2.02. The molecule has 1 saturated heterocycles. The molecule has 3 nitrogen and oxygen atoms in total. The summed E-state index contributed by atoms with van der Waals surface area (Å²) >= 11 is 0. The maximum absolute atomic E-state index is 10.1. The van der Waals surface area contributed by atoms with Gasteiger partial charge < -0.3 is 5.32 Å². The molecule has 3 heteroatoms. The summed E-state index contributed by atoms with van der Waals surface area (Å²) in [6, 6.07) is -0.458. The van der Waals surface area contributed by atoms with E-state index in [-0.39, 0.29) is 11.7 Å². The summed E-state index contributed by atoms with van der Waals surface area (Å²) < 4.78 is 0. The number of hydrogen-bond donors (Lipinski definition) is 1. The molecule has 0 aromatic heterocycles. The van der Waals surface area contributed by atoms with Crippen LogP contribution in [0.5, 0.6) is 0 Å². The Morgan fingerprint density at radius 1 is 1.86 bits per heavy atom. The van der Waals surface area contributed by atoms with Crippen LogP contribution in [0.15, 0.2) is 0 Å². The number of rotatable bonds is 1. The SMILES string of the molecule is CC(=O)C1NC1=O. The summed E-state index contributed by atoms with van der Waals surface area (Å²) in [5.41, 5.74) is 0. The van der Waals surface area contributed by atoms with Crippen molar-refractivity contribution in [3.8, 4) is 0 Å². The summed E-state index contributed by atoms with van der Waals surface area (Å²) in [6.45, 7) is 1.39. The van der Waals surface area contributed by atoms with Crippen LogP contribution in [-0.4, -0.2) is 17.7 Å². The number of carbonyl (C=O) groups excluding carboxylic acids is 2. The lowest BCUT2D eigenvalue weighted by atomic mass is 10.3. The standard InChI is InChI=1S/C4H5NO2/c1-2(6)3-4(7)5-3/h3H,1H3,(H,5,7). The summed E-state index contributed by atoms with van der Waals surface area (Å²) in [7, 11) is 0. The average Bonchev–Trinajstić information content (AvgIpc) is 2.17. The van der Waals surface area contributed by atoms with Gasteiger partial charge in [0.05, 0.1) is 0 Å². The Hall–Kier alpha value is -0.860. The molecule has 0 aromatic carbocycles. The fourth-order valence-electron chi connectivity index (χ4n) is 0.387. The highest BCUT2D eigenvalue weighted by molar-refractivity contribution is 6.16. The third kappa shape index (κ3) is 0.607. The van der Waals surface area contributed by atoms with Crippen LogP contribution < -0.4 is 5.32 Å². The van der Waals surface area contributed by atoms with Gasteiger partial charge in [0.25, 0.3) is 5.91 Å². The molecule has 1 aliphatic heterocycles. The van der Waals surface area contributed by atoms with Crippen molar-refractivity contribution in [3.63, 3.8) is 0 Å². The zero-order valence-corrected chi connectivity index (χ0v) is 3.89. The molecule has 1 aliphatic rings. The molecule has 7 heavy (non-hydrogen) atoms. The van der Waals surface area contributed by atoms with E-state index in [9.17, 15) is 9.59 Å². The van der Waals surface area contributed by atoms with Gasteiger partial charge in [0.2, 0.25) is 0 Å². The van der Waals surface area contributed by atoms with Gasteiger partial charge in [-0.1, -0.05) is 0 Å². The van der Waals surface area contributed by atoms with Crippen molar-refractivity contribution in [1.29, 1.82) is 0 Å². The number of hydrogen-bond acceptors (Lipinski definition) is 2. The Bertz CT molecular complexity index is 130. The first-order valence-corrected chi connectivity index (χ1v) is 2.02. The highest BCUT2D eigenvalue weighted by atomic mass is 16.2. The maximum Gasteiger partial charge on any atom is 0.251 e. The molecule has 1 fully saturated rings. The van der Waals surface area contributed by atoms with Crippen LogP contribution >= 0.6 is 0 Å². The summed E-state index contributed by atoms with van der Waals surface area (Å²) in [4.78, 5) is 20.1. The van der Waals surface area contributed by atoms with Gasteiger partial charge in [0.1, 0.15) is 0 Å². The molecule has 1 N–H and O–H groups in total. The van der Waals surface area contributed by atoms with Crippen LogP contribution in [0.1, 0.15) is 6.92 Å². The minimum Gasteiger partial charge on any atom is -0.336 e. The van der Waals surface area contributed by atoms with E-state index in [2.05, 4.69) is 5.32 Å².